The molecular weight excluding hydrogens is 330 g/mol. The highest BCUT2D eigenvalue weighted by Crippen LogP contribution is 2.28. The molecular formula is C16H17N3O4S. The van der Waals surface area contributed by atoms with Crippen molar-refractivity contribution in [3.8, 4) is 5.75 Å². The summed E-state index contributed by atoms with van der Waals surface area (Å²) in [4.78, 5) is 23.0. The molecule has 0 unspecified atom stereocenters. The van der Waals surface area contributed by atoms with Gasteiger partial charge in [0, 0.05) is 11.6 Å². The van der Waals surface area contributed by atoms with Crippen molar-refractivity contribution in [1.82, 2.24) is 5.32 Å². The molecule has 1 heterocycles. The molecule has 0 atom stereocenters. The number of rotatable bonds is 4. The minimum Gasteiger partial charge on any atom is -0.507 e. The van der Waals surface area contributed by atoms with Crippen LogP contribution in [0, 0.1) is 0 Å². The molecule has 0 bridgehead atoms. The van der Waals surface area contributed by atoms with Gasteiger partial charge in [0.05, 0.1) is 18.2 Å². The Kier molecular flexibility index (Phi) is 5.75. The van der Waals surface area contributed by atoms with Crippen molar-refractivity contribution in [2.75, 3.05) is 7.11 Å². The number of phenolic OH excluding ortho intramolecular Hbond substituents is 1. The van der Waals surface area contributed by atoms with Crippen LogP contribution in [0.2, 0.25) is 0 Å². The first-order valence-electron chi connectivity index (χ1n) is 7.14. The summed E-state index contributed by atoms with van der Waals surface area (Å²) in [5, 5.41) is 20.7. The number of hydrogen-bond acceptors (Lipinski definition) is 7. The Balaban J connectivity index is 2.13. The van der Waals surface area contributed by atoms with Gasteiger partial charge in [0.2, 0.25) is 0 Å². The second kappa shape index (κ2) is 7.78. The lowest BCUT2D eigenvalue weighted by molar-refractivity contribution is -0.135. The van der Waals surface area contributed by atoms with Crippen LogP contribution in [0.15, 0.2) is 39.4 Å². The Bertz CT molecular complexity index is 754. The maximum atomic E-state index is 11.7. The van der Waals surface area contributed by atoms with Gasteiger partial charge >= 0.3 is 5.97 Å². The Labute approximate surface area is 143 Å². The van der Waals surface area contributed by atoms with Gasteiger partial charge in [0.1, 0.15) is 5.75 Å². The van der Waals surface area contributed by atoms with Gasteiger partial charge in [0.25, 0.3) is 5.91 Å². The third-order valence-electron chi connectivity index (χ3n) is 3.17. The second-order valence-corrected chi connectivity index (χ2v) is 6.21. The lowest BCUT2D eigenvalue weighted by Crippen LogP contribution is -2.19. The Morgan fingerprint density at radius 3 is 2.83 bits per heavy atom. The predicted molar refractivity (Wildman–Crippen MR) is 93.1 cm³/mol. The third-order valence-corrected chi connectivity index (χ3v) is 4.07. The van der Waals surface area contributed by atoms with Gasteiger partial charge in [-0.2, -0.15) is 5.10 Å². The second-order valence-electron chi connectivity index (χ2n) is 5.18. The molecule has 0 aromatic heterocycles. The van der Waals surface area contributed by atoms with E-state index in [9.17, 15) is 14.7 Å². The van der Waals surface area contributed by atoms with Gasteiger partial charge in [0.15, 0.2) is 5.17 Å². The summed E-state index contributed by atoms with van der Waals surface area (Å²) in [6, 6.07) is 5.39. The molecule has 1 aliphatic rings. The number of nitrogens with zero attached hydrogens (tertiary/aromatic N) is 2. The van der Waals surface area contributed by atoms with Crippen molar-refractivity contribution < 1.29 is 19.4 Å². The molecule has 0 saturated carbocycles. The van der Waals surface area contributed by atoms with E-state index in [-0.39, 0.29) is 21.7 Å². The molecule has 0 spiro atoms. The number of esters is 1. The normalized spacial score (nSPS) is 17.9. The molecule has 8 heteroatoms. The number of phenols is 1. The van der Waals surface area contributed by atoms with E-state index in [4.69, 9.17) is 0 Å². The average molecular weight is 347 g/mol. The van der Waals surface area contributed by atoms with Gasteiger partial charge in [-0.05, 0) is 29.3 Å². The zero-order chi connectivity index (χ0) is 17.7. The molecule has 1 aromatic rings. The number of amides is 1. The summed E-state index contributed by atoms with van der Waals surface area (Å²) in [5.74, 6) is -0.719. The zero-order valence-corrected chi connectivity index (χ0v) is 14.3. The third kappa shape index (κ3) is 4.23. The monoisotopic (exact) mass is 347 g/mol. The molecule has 1 saturated heterocycles. The molecule has 0 radical (unpaired) electrons. The molecule has 7 nitrogen and oxygen atoms in total. The highest BCUT2D eigenvalue weighted by atomic mass is 32.2. The zero-order valence-electron chi connectivity index (χ0n) is 13.4. The van der Waals surface area contributed by atoms with Crippen molar-refractivity contribution in [2.45, 2.75) is 19.8 Å². The molecule has 1 amide bonds. The minimum atomic E-state index is -0.618. The summed E-state index contributed by atoms with van der Waals surface area (Å²) in [6.45, 7) is 3.96. The first-order valence-corrected chi connectivity index (χ1v) is 7.95. The molecule has 126 valence electrons. The molecule has 2 rings (SSSR count). The summed E-state index contributed by atoms with van der Waals surface area (Å²) >= 11 is 0.983. The first kappa shape index (κ1) is 17.7. The van der Waals surface area contributed by atoms with E-state index >= 15 is 0 Å². The number of nitrogens with one attached hydrogen (secondary N) is 1. The summed E-state index contributed by atoms with van der Waals surface area (Å²) < 4.78 is 4.47. The molecule has 2 N–H and O–H groups in total. The highest BCUT2D eigenvalue weighted by Gasteiger charge is 2.25. The van der Waals surface area contributed by atoms with Gasteiger partial charge in [-0.15, -0.1) is 5.10 Å². The summed E-state index contributed by atoms with van der Waals surface area (Å²) in [7, 11) is 1.23. The topological polar surface area (TPSA) is 100 Å². The largest absolute Gasteiger partial charge is 0.507 e. The van der Waals surface area contributed by atoms with Crippen LogP contribution in [0.4, 0.5) is 0 Å². The first-order chi connectivity index (χ1) is 11.4. The minimum absolute atomic E-state index is 0.158. The number of benzene rings is 1. The Hall–Kier alpha value is -2.61. The Morgan fingerprint density at radius 2 is 2.17 bits per heavy atom. The number of ether oxygens (including phenoxy) is 1. The van der Waals surface area contributed by atoms with Crippen LogP contribution < -0.4 is 5.32 Å². The van der Waals surface area contributed by atoms with Gasteiger partial charge in [-0.1, -0.05) is 26.0 Å². The lowest BCUT2D eigenvalue weighted by Gasteiger charge is -2.09. The maximum absolute atomic E-state index is 11.7. The standard InChI is InChI=1S/C16H17N3O4S/c1-9(2)11-6-4-5-10(14(11)21)8-17-19-16-18-15(22)12(24-16)7-13(20)23-3/h4-9,21H,1-3H3,(H,18,19,22)/b12-7+,17-8?. The van der Waals surface area contributed by atoms with Crippen LogP contribution in [0.25, 0.3) is 0 Å². The smallest absolute Gasteiger partial charge is 0.331 e. The van der Waals surface area contributed by atoms with Gasteiger partial charge in [-0.3, -0.25) is 10.1 Å². The van der Waals surface area contributed by atoms with E-state index in [1.165, 1.54) is 13.3 Å². The number of carbonyl (C=O) groups is 2. The average Bonchev–Trinajstić information content (AvgIpc) is 2.88. The predicted octanol–water partition coefficient (Wildman–Crippen LogP) is 2.13. The molecule has 0 aliphatic carbocycles. The number of thioether (sulfide) groups is 1. The Morgan fingerprint density at radius 1 is 1.42 bits per heavy atom. The lowest BCUT2D eigenvalue weighted by atomic mass is 9.99. The van der Waals surface area contributed by atoms with E-state index in [0.29, 0.717) is 5.56 Å². The van der Waals surface area contributed by atoms with Gasteiger partial charge in [-0.25, -0.2) is 4.79 Å². The molecule has 1 fully saturated rings. The van der Waals surface area contributed by atoms with Gasteiger partial charge < -0.3 is 9.84 Å². The van der Waals surface area contributed by atoms with E-state index in [2.05, 4.69) is 20.3 Å². The number of aromatic hydroxyl groups is 1. The van der Waals surface area contributed by atoms with Crippen molar-refractivity contribution >= 4 is 35.0 Å². The SMILES string of the molecule is COC(=O)/C=C1/S/C(=N\N=Cc2cccc(C(C)C)c2O)NC1=O. The fourth-order valence-electron chi connectivity index (χ4n) is 1.93. The van der Waals surface area contributed by atoms with Crippen molar-refractivity contribution in [2.24, 2.45) is 10.2 Å². The van der Waals surface area contributed by atoms with Crippen LogP contribution >= 0.6 is 11.8 Å². The molecule has 1 aromatic carbocycles. The fourth-order valence-corrected chi connectivity index (χ4v) is 2.67. The van der Waals surface area contributed by atoms with Crippen LogP contribution in [-0.2, 0) is 14.3 Å². The van der Waals surface area contributed by atoms with E-state index < -0.39 is 11.9 Å². The van der Waals surface area contributed by atoms with Crippen molar-refractivity contribution in [1.29, 1.82) is 0 Å². The van der Waals surface area contributed by atoms with Crippen molar-refractivity contribution in [3.05, 3.63) is 40.3 Å². The number of amidine groups is 1. The number of para-hydroxylation sites is 1. The van der Waals surface area contributed by atoms with E-state index in [0.717, 1.165) is 23.4 Å². The van der Waals surface area contributed by atoms with E-state index in [1.54, 1.807) is 6.07 Å². The molecule has 1 aliphatic heterocycles. The van der Waals surface area contributed by atoms with E-state index in [1.807, 2.05) is 26.0 Å². The summed E-state index contributed by atoms with van der Waals surface area (Å²) in [5.41, 5.74) is 1.35. The quantitative estimate of drug-likeness (QED) is 0.376. The fraction of sp³-hybridized carbons (Fsp3) is 0.250. The number of methoxy groups -OCH3 is 1. The highest BCUT2D eigenvalue weighted by molar-refractivity contribution is 8.18. The maximum Gasteiger partial charge on any atom is 0.331 e. The van der Waals surface area contributed by atoms with Crippen molar-refractivity contribution in [3.63, 3.8) is 0 Å². The molecule has 24 heavy (non-hydrogen) atoms. The van der Waals surface area contributed by atoms with Crippen LogP contribution in [0.5, 0.6) is 5.75 Å². The van der Waals surface area contributed by atoms with Crippen LogP contribution in [0.3, 0.4) is 0 Å². The van der Waals surface area contributed by atoms with Crippen LogP contribution in [0.1, 0.15) is 30.9 Å². The van der Waals surface area contributed by atoms with Crippen LogP contribution in [-0.4, -0.2) is 35.5 Å². The number of carbonyl (C=O) groups excluding carboxylic acids is 2. The summed E-state index contributed by atoms with van der Waals surface area (Å²) in [6.07, 6.45) is 2.49. The number of hydrogen-bond donors (Lipinski definition) is 2.